The highest BCUT2D eigenvalue weighted by Crippen LogP contribution is 2.28. The Morgan fingerprint density at radius 3 is 2.59 bits per heavy atom. The first-order valence-corrected chi connectivity index (χ1v) is 10.2. The molecule has 6 heteroatoms. The number of carbonyl (C=O) groups is 1. The van der Waals surface area contributed by atoms with E-state index in [4.69, 9.17) is 4.74 Å². The summed E-state index contributed by atoms with van der Waals surface area (Å²) in [6, 6.07) is 26.1. The van der Waals surface area contributed by atoms with Crippen LogP contribution in [0, 0.1) is 6.92 Å². The second-order valence-corrected chi connectivity index (χ2v) is 7.28. The van der Waals surface area contributed by atoms with E-state index in [1.807, 2.05) is 90.3 Å². The van der Waals surface area contributed by atoms with Gasteiger partial charge in [-0.3, -0.25) is 9.20 Å². The van der Waals surface area contributed by atoms with Crippen molar-refractivity contribution in [2.45, 2.75) is 6.92 Å². The zero-order chi connectivity index (χ0) is 21.9. The van der Waals surface area contributed by atoms with Gasteiger partial charge in [-0.05, 0) is 49.4 Å². The molecule has 0 aliphatic rings. The second-order valence-electron chi connectivity index (χ2n) is 7.28. The van der Waals surface area contributed by atoms with Gasteiger partial charge < -0.3 is 10.1 Å². The molecule has 0 aliphatic heterocycles. The number of nitrogens with one attached hydrogen (secondary N) is 1. The molecule has 2 heterocycles. The zero-order valence-corrected chi connectivity index (χ0v) is 17.4. The predicted molar refractivity (Wildman–Crippen MR) is 124 cm³/mol. The maximum absolute atomic E-state index is 13.1. The van der Waals surface area contributed by atoms with Crippen LogP contribution in [0.4, 0.5) is 5.69 Å². The van der Waals surface area contributed by atoms with Crippen LogP contribution in [0.3, 0.4) is 0 Å². The maximum atomic E-state index is 13.1. The van der Waals surface area contributed by atoms with E-state index in [1.54, 1.807) is 18.3 Å². The molecule has 0 unspecified atom stereocenters. The van der Waals surface area contributed by atoms with Crippen LogP contribution < -0.4 is 10.1 Å². The third-order valence-electron chi connectivity index (χ3n) is 5.14. The summed E-state index contributed by atoms with van der Waals surface area (Å²) in [5.41, 5.74) is 3.84. The van der Waals surface area contributed by atoms with Crippen LogP contribution in [0.1, 0.15) is 16.1 Å². The van der Waals surface area contributed by atoms with E-state index in [9.17, 15) is 4.79 Å². The molecule has 5 rings (SSSR count). The van der Waals surface area contributed by atoms with Crippen molar-refractivity contribution in [2.24, 2.45) is 0 Å². The molecular weight excluding hydrogens is 400 g/mol. The number of aromatic nitrogens is 3. The summed E-state index contributed by atoms with van der Waals surface area (Å²) >= 11 is 0. The number of fused-ring (bicyclic) bond motifs is 1. The van der Waals surface area contributed by atoms with Gasteiger partial charge in [-0.25, -0.2) is 9.97 Å². The number of nitrogens with zero attached hydrogens (tertiary/aromatic N) is 3. The molecule has 3 aromatic carbocycles. The van der Waals surface area contributed by atoms with Gasteiger partial charge in [-0.1, -0.05) is 42.5 Å². The number of para-hydroxylation sites is 2. The Labute approximate surface area is 185 Å². The average molecular weight is 420 g/mol. The normalized spacial score (nSPS) is 10.8. The lowest BCUT2D eigenvalue weighted by molar-refractivity contribution is 0.102. The van der Waals surface area contributed by atoms with E-state index in [-0.39, 0.29) is 5.91 Å². The van der Waals surface area contributed by atoms with Gasteiger partial charge in [0.1, 0.15) is 11.5 Å². The van der Waals surface area contributed by atoms with Gasteiger partial charge in [0.15, 0.2) is 0 Å². The van der Waals surface area contributed by atoms with Crippen molar-refractivity contribution in [2.75, 3.05) is 5.32 Å². The van der Waals surface area contributed by atoms with Crippen molar-refractivity contribution in [3.05, 3.63) is 109 Å². The van der Waals surface area contributed by atoms with E-state index in [0.29, 0.717) is 28.5 Å². The fourth-order valence-corrected chi connectivity index (χ4v) is 3.58. The molecule has 0 aliphatic carbocycles. The van der Waals surface area contributed by atoms with Gasteiger partial charge in [-0.15, -0.1) is 0 Å². The molecule has 0 saturated carbocycles. The number of hydrogen-bond acceptors (Lipinski definition) is 4. The minimum atomic E-state index is -0.248. The standard InChI is InChI=1S/C26H20N4O2/c1-18-24(29-26-27-15-8-16-30(18)26)19-9-7-10-20(17-19)28-25(31)22-13-5-6-14-23(22)32-21-11-3-2-4-12-21/h2-17H,1H3,(H,28,31). The number of amides is 1. The van der Waals surface area contributed by atoms with E-state index in [0.717, 1.165) is 17.0 Å². The molecule has 6 nitrogen and oxygen atoms in total. The quantitative estimate of drug-likeness (QED) is 0.393. The summed E-state index contributed by atoms with van der Waals surface area (Å²) in [6.07, 6.45) is 3.65. The molecular formula is C26H20N4O2. The number of aryl methyl sites for hydroxylation is 1. The van der Waals surface area contributed by atoms with E-state index < -0.39 is 0 Å². The lowest BCUT2D eigenvalue weighted by atomic mass is 10.1. The van der Waals surface area contributed by atoms with Crippen LogP contribution in [0.25, 0.3) is 17.0 Å². The summed E-state index contributed by atoms with van der Waals surface area (Å²) in [5, 5.41) is 2.98. The molecule has 0 atom stereocenters. The van der Waals surface area contributed by atoms with Gasteiger partial charge in [0.05, 0.1) is 11.3 Å². The molecule has 5 aromatic rings. The van der Waals surface area contributed by atoms with Crippen LogP contribution in [-0.4, -0.2) is 20.3 Å². The van der Waals surface area contributed by atoms with Crippen LogP contribution in [0.2, 0.25) is 0 Å². The molecule has 1 amide bonds. The molecule has 32 heavy (non-hydrogen) atoms. The average Bonchev–Trinajstić information content (AvgIpc) is 3.17. The lowest BCUT2D eigenvalue weighted by Gasteiger charge is -2.12. The Kier molecular flexibility index (Phi) is 5.09. The minimum absolute atomic E-state index is 0.248. The molecule has 0 saturated heterocycles. The smallest absolute Gasteiger partial charge is 0.259 e. The van der Waals surface area contributed by atoms with Crippen LogP contribution >= 0.6 is 0 Å². The number of hydrogen-bond donors (Lipinski definition) is 1. The molecule has 2 aromatic heterocycles. The third-order valence-corrected chi connectivity index (χ3v) is 5.14. The summed E-state index contributed by atoms with van der Waals surface area (Å²) in [7, 11) is 0. The largest absolute Gasteiger partial charge is 0.457 e. The van der Waals surface area contributed by atoms with Gasteiger partial charge in [-0.2, -0.15) is 0 Å². The molecule has 0 radical (unpaired) electrons. The first-order chi connectivity index (χ1) is 15.7. The van der Waals surface area contributed by atoms with E-state index in [2.05, 4.69) is 15.3 Å². The van der Waals surface area contributed by atoms with Crippen LogP contribution in [0.5, 0.6) is 11.5 Å². The first kappa shape index (κ1) is 19.5. The lowest BCUT2D eigenvalue weighted by Crippen LogP contribution is -2.13. The minimum Gasteiger partial charge on any atom is -0.457 e. The summed E-state index contributed by atoms with van der Waals surface area (Å²) in [4.78, 5) is 22.0. The van der Waals surface area contributed by atoms with Crippen LogP contribution in [-0.2, 0) is 0 Å². The Balaban J connectivity index is 1.42. The topological polar surface area (TPSA) is 68.5 Å². The number of rotatable bonds is 5. The first-order valence-electron chi connectivity index (χ1n) is 10.2. The Hall–Kier alpha value is -4.45. The molecule has 0 fully saturated rings. The maximum Gasteiger partial charge on any atom is 0.259 e. The fraction of sp³-hybridized carbons (Fsp3) is 0.0385. The number of benzene rings is 3. The Bertz CT molecular complexity index is 1410. The van der Waals surface area contributed by atoms with Crippen molar-refractivity contribution in [3.63, 3.8) is 0 Å². The summed E-state index contributed by atoms with van der Waals surface area (Å²) in [5.74, 6) is 1.56. The highest BCUT2D eigenvalue weighted by Gasteiger charge is 2.15. The SMILES string of the molecule is Cc1c(-c2cccc(NC(=O)c3ccccc3Oc3ccccc3)c2)nc2ncccn12. The molecule has 156 valence electrons. The van der Waals surface area contributed by atoms with Gasteiger partial charge in [0.25, 0.3) is 5.91 Å². The number of ether oxygens (including phenoxy) is 1. The summed E-state index contributed by atoms with van der Waals surface area (Å²) < 4.78 is 7.87. The predicted octanol–water partition coefficient (Wildman–Crippen LogP) is 5.75. The molecule has 1 N–H and O–H groups in total. The number of anilines is 1. The molecule has 0 spiro atoms. The van der Waals surface area contributed by atoms with Gasteiger partial charge in [0.2, 0.25) is 5.78 Å². The highest BCUT2D eigenvalue weighted by atomic mass is 16.5. The number of carbonyl (C=O) groups excluding carboxylic acids is 1. The van der Waals surface area contributed by atoms with Crippen molar-refractivity contribution < 1.29 is 9.53 Å². The van der Waals surface area contributed by atoms with E-state index in [1.165, 1.54) is 0 Å². The van der Waals surface area contributed by atoms with Crippen molar-refractivity contribution in [1.29, 1.82) is 0 Å². The molecule has 0 bridgehead atoms. The Morgan fingerprint density at radius 2 is 1.75 bits per heavy atom. The second kappa shape index (κ2) is 8.35. The van der Waals surface area contributed by atoms with Gasteiger partial charge >= 0.3 is 0 Å². The Morgan fingerprint density at radius 1 is 0.938 bits per heavy atom. The van der Waals surface area contributed by atoms with Crippen molar-refractivity contribution in [3.8, 4) is 22.8 Å². The van der Waals surface area contributed by atoms with Crippen LogP contribution in [0.15, 0.2) is 97.3 Å². The monoisotopic (exact) mass is 420 g/mol. The summed E-state index contributed by atoms with van der Waals surface area (Å²) in [6.45, 7) is 2.00. The van der Waals surface area contributed by atoms with Gasteiger partial charge in [0, 0.05) is 29.3 Å². The number of imidazole rings is 1. The third kappa shape index (κ3) is 3.81. The van der Waals surface area contributed by atoms with Crippen molar-refractivity contribution in [1.82, 2.24) is 14.4 Å². The van der Waals surface area contributed by atoms with E-state index >= 15 is 0 Å². The fourth-order valence-electron chi connectivity index (χ4n) is 3.58. The van der Waals surface area contributed by atoms with Crippen molar-refractivity contribution >= 4 is 17.4 Å². The zero-order valence-electron chi connectivity index (χ0n) is 17.4. The highest BCUT2D eigenvalue weighted by molar-refractivity contribution is 6.06.